The third-order valence-corrected chi connectivity index (χ3v) is 5.95. The highest BCUT2D eigenvalue weighted by molar-refractivity contribution is 6.28. The first-order chi connectivity index (χ1) is 8.83. The molecule has 19 heavy (non-hydrogen) atoms. The van der Waals surface area contributed by atoms with Crippen LogP contribution in [0.25, 0.3) is 0 Å². The summed E-state index contributed by atoms with van der Waals surface area (Å²) in [7, 11) is 0. The molecule has 104 valence electrons. The summed E-state index contributed by atoms with van der Waals surface area (Å²) in [6.07, 6.45) is 3.94. The van der Waals surface area contributed by atoms with E-state index >= 15 is 0 Å². The van der Waals surface area contributed by atoms with Crippen LogP contribution in [0.5, 0.6) is 5.88 Å². The summed E-state index contributed by atoms with van der Waals surface area (Å²) in [6, 6.07) is 1.87. The molecule has 3 nitrogen and oxygen atoms in total. The van der Waals surface area contributed by atoms with Gasteiger partial charge in [0.2, 0.25) is 11.2 Å². The van der Waals surface area contributed by atoms with E-state index in [0.717, 1.165) is 18.0 Å². The number of rotatable bonds is 2. The van der Waals surface area contributed by atoms with Crippen LogP contribution in [0.4, 0.5) is 0 Å². The number of fused-ring (bicyclic) bond motifs is 2. The summed E-state index contributed by atoms with van der Waals surface area (Å²) in [5.41, 5.74) is 1.44. The van der Waals surface area contributed by atoms with Gasteiger partial charge in [0.1, 0.15) is 6.10 Å². The number of halogens is 1. The highest BCUT2D eigenvalue weighted by Crippen LogP contribution is 2.66. The highest BCUT2D eigenvalue weighted by atomic mass is 35.5. The lowest BCUT2D eigenvalue weighted by atomic mass is 9.70. The summed E-state index contributed by atoms with van der Waals surface area (Å²) in [6.45, 7) is 9.03. The Labute approximate surface area is 119 Å². The average Bonchev–Trinajstić information content (AvgIpc) is 2.60. The molecule has 0 spiro atoms. The Kier molecular flexibility index (Phi) is 2.83. The molecule has 2 aliphatic carbocycles. The predicted molar refractivity (Wildman–Crippen MR) is 75.4 cm³/mol. The first-order valence-corrected chi connectivity index (χ1v) is 7.38. The van der Waals surface area contributed by atoms with Gasteiger partial charge in [-0.3, -0.25) is 0 Å². The first-order valence-electron chi connectivity index (χ1n) is 7.01. The molecule has 2 fully saturated rings. The molecule has 0 amide bonds. The van der Waals surface area contributed by atoms with Gasteiger partial charge in [0, 0.05) is 17.2 Å². The standard InChI is InChI=1S/C15H21ClN2O/c1-9-7-12(18-13(16)17-9)19-11-8-10-5-6-15(11,4)14(10,2)3/h7,10-11H,5-6,8H2,1-4H3. The molecule has 2 aliphatic rings. The van der Waals surface area contributed by atoms with Crippen molar-refractivity contribution in [3.05, 3.63) is 17.0 Å². The Morgan fingerprint density at radius 3 is 2.58 bits per heavy atom. The fourth-order valence-electron chi connectivity index (χ4n) is 4.02. The van der Waals surface area contributed by atoms with Crippen molar-refractivity contribution in [2.45, 2.75) is 53.1 Å². The Bertz CT molecular complexity index is 497. The SMILES string of the molecule is Cc1cc(OC2CC3CCC2(C)C3(C)C)nc(Cl)n1. The van der Waals surface area contributed by atoms with Gasteiger partial charge in [-0.1, -0.05) is 20.8 Å². The van der Waals surface area contributed by atoms with Crippen molar-refractivity contribution in [1.29, 1.82) is 0 Å². The van der Waals surface area contributed by atoms with Crippen LogP contribution < -0.4 is 4.74 Å². The van der Waals surface area contributed by atoms with Crippen LogP contribution in [0.1, 0.15) is 45.7 Å². The van der Waals surface area contributed by atoms with Gasteiger partial charge < -0.3 is 4.74 Å². The van der Waals surface area contributed by atoms with Crippen molar-refractivity contribution in [3.8, 4) is 5.88 Å². The van der Waals surface area contributed by atoms with E-state index in [2.05, 4.69) is 30.7 Å². The third-order valence-electron chi connectivity index (χ3n) is 5.78. The van der Waals surface area contributed by atoms with Crippen LogP contribution in [0, 0.1) is 23.7 Å². The van der Waals surface area contributed by atoms with Crippen molar-refractivity contribution < 1.29 is 4.74 Å². The zero-order chi connectivity index (χ0) is 13.8. The maximum atomic E-state index is 6.17. The molecule has 2 saturated carbocycles. The minimum atomic E-state index is 0.239. The topological polar surface area (TPSA) is 35.0 Å². The smallest absolute Gasteiger partial charge is 0.225 e. The lowest BCUT2D eigenvalue weighted by Crippen LogP contribution is -2.39. The number of nitrogens with zero attached hydrogens (tertiary/aromatic N) is 2. The molecule has 0 aromatic carbocycles. The Hall–Kier alpha value is -0.830. The monoisotopic (exact) mass is 280 g/mol. The van der Waals surface area contributed by atoms with E-state index in [-0.39, 0.29) is 16.8 Å². The predicted octanol–water partition coefficient (Wildman–Crippen LogP) is 4.03. The first kappa shape index (κ1) is 13.2. The minimum absolute atomic E-state index is 0.239. The molecule has 1 aromatic rings. The maximum absolute atomic E-state index is 6.17. The van der Waals surface area contributed by atoms with E-state index in [1.54, 1.807) is 0 Å². The summed E-state index contributed by atoms with van der Waals surface area (Å²) >= 11 is 5.90. The van der Waals surface area contributed by atoms with Crippen molar-refractivity contribution >= 4 is 11.6 Å². The number of aromatic nitrogens is 2. The van der Waals surface area contributed by atoms with E-state index in [1.165, 1.54) is 12.8 Å². The largest absolute Gasteiger partial charge is 0.474 e. The molecular formula is C15H21ClN2O. The van der Waals surface area contributed by atoms with E-state index in [0.29, 0.717) is 11.3 Å². The van der Waals surface area contributed by atoms with E-state index in [9.17, 15) is 0 Å². The minimum Gasteiger partial charge on any atom is -0.474 e. The maximum Gasteiger partial charge on any atom is 0.225 e. The second-order valence-corrected chi connectivity index (χ2v) is 7.17. The third kappa shape index (κ3) is 1.85. The second kappa shape index (κ2) is 4.08. The van der Waals surface area contributed by atoms with Crippen LogP contribution in [0.3, 0.4) is 0 Å². The molecule has 3 atom stereocenters. The van der Waals surface area contributed by atoms with Crippen LogP contribution in [-0.4, -0.2) is 16.1 Å². The fourth-order valence-corrected chi connectivity index (χ4v) is 4.24. The summed E-state index contributed by atoms with van der Waals surface area (Å²) in [5.74, 6) is 1.38. The van der Waals surface area contributed by atoms with E-state index in [4.69, 9.17) is 16.3 Å². The average molecular weight is 281 g/mol. The molecule has 0 N–H and O–H groups in total. The Morgan fingerprint density at radius 2 is 2.05 bits per heavy atom. The zero-order valence-corrected chi connectivity index (χ0v) is 12.8. The van der Waals surface area contributed by atoms with Crippen molar-refractivity contribution in [2.24, 2.45) is 16.7 Å². The van der Waals surface area contributed by atoms with Crippen molar-refractivity contribution in [3.63, 3.8) is 0 Å². The molecular weight excluding hydrogens is 260 g/mol. The number of hydrogen-bond donors (Lipinski definition) is 0. The second-order valence-electron chi connectivity index (χ2n) is 6.83. The number of hydrogen-bond acceptors (Lipinski definition) is 3. The quantitative estimate of drug-likeness (QED) is 0.767. The normalized spacial score (nSPS) is 35.6. The van der Waals surface area contributed by atoms with Gasteiger partial charge in [-0.15, -0.1) is 0 Å². The van der Waals surface area contributed by atoms with Gasteiger partial charge in [-0.25, -0.2) is 4.98 Å². The van der Waals surface area contributed by atoms with Gasteiger partial charge in [-0.2, -0.15) is 4.98 Å². The fraction of sp³-hybridized carbons (Fsp3) is 0.733. The van der Waals surface area contributed by atoms with Crippen LogP contribution in [0.2, 0.25) is 5.28 Å². The molecule has 0 radical (unpaired) electrons. The Balaban J connectivity index is 1.86. The Morgan fingerprint density at radius 1 is 1.32 bits per heavy atom. The summed E-state index contributed by atoms with van der Waals surface area (Å²) in [4.78, 5) is 8.27. The number of ether oxygens (including phenoxy) is 1. The zero-order valence-electron chi connectivity index (χ0n) is 12.0. The molecule has 3 unspecified atom stereocenters. The van der Waals surface area contributed by atoms with E-state index in [1.807, 2.05) is 13.0 Å². The van der Waals surface area contributed by atoms with Crippen molar-refractivity contribution in [1.82, 2.24) is 9.97 Å². The number of aryl methyl sites for hydroxylation is 1. The molecule has 2 bridgehead atoms. The molecule has 0 aliphatic heterocycles. The van der Waals surface area contributed by atoms with Gasteiger partial charge >= 0.3 is 0 Å². The van der Waals surface area contributed by atoms with Crippen LogP contribution in [-0.2, 0) is 0 Å². The van der Waals surface area contributed by atoms with E-state index < -0.39 is 0 Å². The lowest BCUT2D eigenvalue weighted by Gasteiger charge is -2.38. The summed E-state index contributed by atoms with van der Waals surface area (Å²) in [5, 5.41) is 0.266. The van der Waals surface area contributed by atoms with Crippen LogP contribution >= 0.6 is 11.6 Å². The van der Waals surface area contributed by atoms with Crippen molar-refractivity contribution in [2.75, 3.05) is 0 Å². The van der Waals surface area contributed by atoms with Gasteiger partial charge in [0.05, 0.1) is 0 Å². The highest BCUT2D eigenvalue weighted by Gasteiger charge is 2.62. The molecule has 1 heterocycles. The molecule has 4 heteroatoms. The lowest BCUT2D eigenvalue weighted by molar-refractivity contribution is 0.0272. The van der Waals surface area contributed by atoms with Gasteiger partial charge in [0.25, 0.3) is 0 Å². The molecule has 1 aromatic heterocycles. The van der Waals surface area contributed by atoms with Crippen LogP contribution in [0.15, 0.2) is 6.07 Å². The van der Waals surface area contributed by atoms with Gasteiger partial charge in [-0.05, 0) is 49.1 Å². The van der Waals surface area contributed by atoms with Gasteiger partial charge in [0.15, 0.2) is 0 Å². The summed E-state index contributed by atoms with van der Waals surface area (Å²) < 4.78 is 6.17. The molecule has 0 saturated heterocycles. The molecule has 3 rings (SSSR count).